The highest BCUT2D eigenvalue weighted by atomic mass is 35.5. The van der Waals surface area contributed by atoms with Gasteiger partial charge in [0.25, 0.3) is 0 Å². The van der Waals surface area contributed by atoms with Gasteiger partial charge in [0, 0.05) is 29.4 Å². The van der Waals surface area contributed by atoms with Crippen LogP contribution in [0.25, 0.3) is 0 Å². The lowest BCUT2D eigenvalue weighted by atomic mass is 10.4. The van der Waals surface area contributed by atoms with Crippen LogP contribution in [-0.4, -0.2) is 39.8 Å². The number of hydrogen-bond acceptors (Lipinski definition) is 5. The molecule has 1 aromatic heterocycles. The zero-order chi connectivity index (χ0) is 12.0. The van der Waals surface area contributed by atoms with Crippen LogP contribution in [0.2, 0.25) is 5.02 Å². The fourth-order valence-electron chi connectivity index (χ4n) is 1.06. The van der Waals surface area contributed by atoms with E-state index in [2.05, 4.69) is 15.3 Å². The number of rotatable bonds is 6. The van der Waals surface area contributed by atoms with E-state index in [1.165, 1.54) is 13.3 Å². The second kappa shape index (κ2) is 6.65. The molecule has 0 aliphatic heterocycles. The lowest BCUT2D eigenvalue weighted by Gasteiger charge is -2.07. The first-order valence-corrected chi connectivity index (χ1v) is 6.84. The molecule has 1 rings (SSSR count). The van der Waals surface area contributed by atoms with E-state index in [4.69, 9.17) is 16.3 Å². The molecule has 0 bridgehead atoms. The summed E-state index contributed by atoms with van der Waals surface area (Å²) in [6.45, 7) is 0.666. The molecule has 0 fully saturated rings. The highest BCUT2D eigenvalue weighted by Crippen LogP contribution is 2.19. The summed E-state index contributed by atoms with van der Waals surface area (Å²) >= 11 is 5.89. The second-order valence-electron chi connectivity index (χ2n) is 3.11. The van der Waals surface area contributed by atoms with Crippen molar-refractivity contribution in [2.24, 2.45) is 0 Å². The molecule has 0 aliphatic carbocycles. The molecule has 0 saturated heterocycles. The van der Waals surface area contributed by atoms with Gasteiger partial charge in [-0.2, -0.15) is 4.98 Å². The fraction of sp³-hybridized carbons (Fsp3) is 0.556. The number of nitrogens with one attached hydrogen (secondary N) is 1. The van der Waals surface area contributed by atoms with Crippen molar-refractivity contribution in [1.29, 1.82) is 0 Å². The van der Waals surface area contributed by atoms with E-state index in [0.717, 1.165) is 6.42 Å². The third kappa shape index (κ3) is 4.32. The highest BCUT2D eigenvalue weighted by Gasteiger charge is 2.04. The first kappa shape index (κ1) is 13.2. The maximum Gasteiger partial charge on any atom is 0.318 e. The molecule has 1 heterocycles. The van der Waals surface area contributed by atoms with Crippen molar-refractivity contribution in [3.8, 4) is 6.01 Å². The van der Waals surface area contributed by atoms with Gasteiger partial charge in [-0.3, -0.25) is 4.21 Å². The van der Waals surface area contributed by atoms with Crippen LogP contribution in [-0.2, 0) is 10.8 Å². The molecular formula is C9H14ClN3O2S. The van der Waals surface area contributed by atoms with E-state index in [9.17, 15) is 4.21 Å². The smallest absolute Gasteiger partial charge is 0.318 e. The van der Waals surface area contributed by atoms with Crippen molar-refractivity contribution in [2.45, 2.75) is 6.42 Å². The van der Waals surface area contributed by atoms with E-state index in [1.54, 1.807) is 6.26 Å². The molecule has 0 aromatic carbocycles. The predicted octanol–water partition coefficient (Wildman–Crippen LogP) is 1.32. The summed E-state index contributed by atoms with van der Waals surface area (Å²) in [4.78, 5) is 7.92. The van der Waals surface area contributed by atoms with Gasteiger partial charge in [-0.1, -0.05) is 11.6 Å². The number of methoxy groups -OCH3 is 1. The minimum Gasteiger partial charge on any atom is -0.467 e. The van der Waals surface area contributed by atoms with Crippen molar-refractivity contribution in [3.05, 3.63) is 11.2 Å². The molecule has 0 amide bonds. The Hall–Kier alpha value is -0.880. The molecule has 5 nitrogen and oxygen atoms in total. The van der Waals surface area contributed by atoms with Gasteiger partial charge < -0.3 is 10.1 Å². The molecule has 0 radical (unpaired) electrons. The monoisotopic (exact) mass is 263 g/mol. The predicted molar refractivity (Wildman–Crippen MR) is 65.6 cm³/mol. The van der Waals surface area contributed by atoms with Crippen LogP contribution in [0.5, 0.6) is 6.01 Å². The Kier molecular flexibility index (Phi) is 5.48. The largest absolute Gasteiger partial charge is 0.467 e. The number of anilines is 1. The Morgan fingerprint density at radius 2 is 2.38 bits per heavy atom. The van der Waals surface area contributed by atoms with Crippen LogP contribution in [0.15, 0.2) is 6.20 Å². The van der Waals surface area contributed by atoms with E-state index in [1.807, 2.05) is 0 Å². The third-order valence-electron chi connectivity index (χ3n) is 1.81. The van der Waals surface area contributed by atoms with Crippen LogP contribution in [0, 0.1) is 0 Å². The molecule has 1 N–H and O–H groups in total. The lowest BCUT2D eigenvalue weighted by Crippen LogP contribution is -2.08. The fourth-order valence-corrected chi connectivity index (χ4v) is 1.76. The summed E-state index contributed by atoms with van der Waals surface area (Å²) in [5.74, 6) is 1.20. The van der Waals surface area contributed by atoms with E-state index < -0.39 is 10.8 Å². The maximum absolute atomic E-state index is 10.8. The summed E-state index contributed by atoms with van der Waals surface area (Å²) in [5.41, 5.74) is 0. The summed E-state index contributed by atoms with van der Waals surface area (Å²) in [7, 11) is 0.728. The van der Waals surface area contributed by atoms with E-state index in [0.29, 0.717) is 23.1 Å². The molecule has 0 aliphatic rings. The summed E-state index contributed by atoms with van der Waals surface area (Å²) in [6, 6.07) is 0.269. The van der Waals surface area contributed by atoms with Gasteiger partial charge in [-0.05, 0) is 6.42 Å². The SMILES string of the molecule is COc1ncc(Cl)c(NCCCS(C)=O)n1. The van der Waals surface area contributed by atoms with Crippen LogP contribution < -0.4 is 10.1 Å². The molecule has 16 heavy (non-hydrogen) atoms. The number of ether oxygens (including phenoxy) is 1. The Labute approximate surface area is 102 Å². The second-order valence-corrected chi connectivity index (χ2v) is 5.07. The standard InChI is InChI=1S/C9H14ClN3O2S/c1-15-9-12-6-7(10)8(13-9)11-4-3-5-16(2)14/h6H,3-5H2,1-2H3,(H,11,12,13). The summed E-state index contributed by atoms with van der Waals surface area (Å²) in [5, 5.41) is 3.49. The zero-order valence-corrected chi connectivity index (χ0v) is 10.8. The summed E-state index contributed by atoms with van der Waals surface area (Å²) in [6.07, 6.45) is 3.96. The Morgan fingerprint density at radius 1 is 1.62 bits per heavy atom. The molecule has 0 spiro atoms. The Morgan fingerprint density at radius 3 is 3.00 bits per heavy atom. The van der Waals surface area contributed by atoms with Crippen molar-refractivity contribution in [1.82, 2.24) is 9.97 Å². The van der Waals surface area contributed by atoms with Gasteiger partial charge in [0.2, 0.25) is 0 Å². The Balaban J connectivity index is 2.49. The first-order chi connectivity index (χ1) is 7.63. The number of aromatic nitrogens is 2. The number of hydrogen-bond donors (Lipinski definition) is 1. The molecular weight excluding hydrogens is 250 g/mol. The molecule has 7 heteroatoms. The molecule has 1 atom stereocenters. The van der Waals surface area contributed by atoms with Crippen LogP contribution >= 0.6 is 11.6 Å². The van der Waals surface area contributed by atoms with Gasteiger partial charge in [0.15, 0.2) is 5.82 Å². The minimum atomic E-state index is -0.765. The van der Waals surface area contributed by atoms with Crippen LogP contribution in [0.3, 0.4) is 0 Å². The van der Waals surface area contributed by atoms with Gasteiger partial charge in [-0.25, -0.2) is 4.98 Å². The molecule has 1 aromatic rings. The number of nitrogens with zero attached hydrogens (tertiary/aromatic N) is 2. The average molecular weight is 264 g/mol. The van der Waals surface area contributed by atoms with E-state index >= 15 is 0 Å². The lowest BCUT2D eigenvalue weighted by molar-refractivity contribution is 0.380. The normalized spacial score (nSPS) is 12.2. The third-order valence-corrected chi connectivity index (χ3v) is 2.95. The first-order valence-electron chi connectivity index (χ1n) is 4.74. The van der Waals surface area contributed by atoms with Gasteiger partial charge >= 0.3 is 6.01 Å². The van der Waals surface area contributed by atoms with Gasteiger partial charge in [0.1, 0.15) is 5.02 Å². The zero-order valence-electron chi connectivity index (χ0n) is 9.20. The van der Waals surface area contributed by atoms with Crippen molar-refractivity contribution in [2.75, 3.05) is 31.0 Å². The van der Waals surface area contributed by atoms with Gasteiger partial charge in [0.05, 0.1) is 13.3 Å². The van der Waals surface area contributed by atoms with Gasteiger partial charge in [-0.15, -0.1) is 0 Å². The summed E-state index contributed by atoms with van der Waals surface area (Å²) < 4.78 is 15.7. The highest BCUT2D eigenvalue weighted by molar-refractivity contribution is 7.84. The van der Waals surface area contributed by atoms with Crippen molar-refractivity contribution < 1.29 is 8.95 Å². The van der Waals surface area contributed by atoms with E-state index in [-0.39, 0.29) is 6.01 Å². The minimum absolute atomic E-state index is 0.269. The van der Waals surface area contributed by atoms with Crippen molar-refractivity contribution in [3.63, 3.8) is 0 Å². The van der Waals surface area contributed by atoms with Crippen molar-refractivity contribution >= 4 is 28.2 Å². The molecule has 0 saturated carbocycles. The maximum atomic E-state index is 10.8. The molecule has 1 unspecified atom stereocenters. The molecule has 90 valence electrons. The number of halogens is 1. The van der Waals surface area contributed by atoms with Crippen LogP contribution in [0.1, 0.15) is 6.42 Å². The quantitative estimate of drug-likeness (QED) is 0.785. The Bertz CT molecular complexity index is 376. The topological polar surface area (TPSA) is 64.1 Å². The average Bonchev–Trinajstić information content (AvgIpc) is 2.26. The van der Waals surface area contributed by atoms with Crippen LogP contribution in [0.4, 0.5) is 5.82 Å².